The molecule has 0 aromatic heterocycles. The zero-order valence-corrected chi connectivity index (χ0v) is 18.6. The molecular weight excluding hydrogens is 437 g/mol. The number of hydrogen-bond donors (Lipinski definition) is 1. The quantitative estimate of drug-likeness (QED) is 0.428. The molecule has 2 aromatic rings. The summed E-state index contributed by atoms with van der Waals surface area (Å²) in [6.07, 6.45) is -4.38. The van der Waals surface area contributed by atoms with Gasteiger partial charge >= 0.3 is 6.36 Å². The maximum atomic E-state index is 13.2. The summed E-state index contributed by atoms with van der Waals surface area (Å²) in [4.78, 5) is 27.5. The first-order valence-electron chi connectivity index (χ1n) is 10.5. The van der Waals surface area contributed by atoms with Crippen LogP contribution < -0.4 is 10.1 Å². The molecule has 3 rings (SSSR count). The van der Waals surface area contributed by atoms with E-state index in [-0.39, 0.29) is 23.5 Å². The summed E-state index contributed by atoms with van der Waals surface area (Å²) in [5.41, 5.74) is 2.87. The Morgan fingerprint density at radius 2 is 1.76 bits per heavy atom. The van der Waals surface area contributed by atoms with Crippen LogP contribution in [0, 0.1) is 13.8 Å². The molecule has 2 aromatic carbocycles. The number of nitrogens with zero attached hydrogens (tertiary/aromatic N) is 1. The van der Waals surface area contributed by atoms with Crippen molar-refractivity contribution in [1.29, 1.82) is 0 Å². The Morgan fingerprint density at radius 1 is 1.00 bits per heavy atom. The van der Waals surface area contributed by atoms with Crippen LogP contribution in [0.2, 0.25) is 0 Å². The Morgan fingerprint density at radius 3 is 2.42 bits per heavy atom. The van der Waals surface area contributed by atoms with Crippen LogP contribution in [0.3, 0.4) is 0 Å². The van der Waals surface area contributed by atoms with Gasteiger partial charge in [-0.15, -0.1) is 13.2 Å². The second kappa shape index (κ2) is 10.1. The number of carbonyl (C=O) groups excluding carboxylic acids is 2. The Labute approximate surface area is 190 Å². The summed E-state index contributed by atoms with van der Waals surface area (Å²) in [6.45, 7) is 6.76. The van der Waals surface area contributed by atoms with Gasteiger partial charge < -0.3 is 14.8 Å². The lowest BCUT2D eigenvalue weighted by Gasteiger charge is -2.15. The van der Waals surface area contributed by atoms with Crippen LogP contribution >= 0.6 is 0 Å². The smallest absolute Gasteiger partial charge is 0.406 e. The van der Waals surface area contributed by atoms with Gasteiger partial charge in [0.2, 0.25) is 0 Å². The van der Waals surface area contributed by atoms with Gasteiger partial charge in [-0.25, -0.2) is 0 Å². The van der Waals surface area contributed by atoms with Crippen LogP contribution in [0.5, 0.6) is 5.75 Å². The molecule has 1 aliphatic heterocycles. The lowest BCUT2D eigenvalue weighted by molar-refractivity contribution is -0.274. The predicted octanol–water partition coefficient (Wildman–Crippen LogP) is 4.82. The minimum Gasteiger partial charge on any atom is -0.406 e. The Kier molecular flexibility index (Phi) is 7.43. The highest BCUT2D eigenvalue weighted by Crippen LogP contribution is 2.33. The first-order chi connectivity index (χ1) is 15.6. The minimum atomic E-state index is -4.85. The van der Waals surface area contributed by atoms with Gasteiger partial charge in [-0.05, 0) is 56.0 Å². The van der Waals surface area contributed by atoms with Crippen molar-refractivity contribution < 1.29 is 32.2 Å². The van der Waals surface area contributed by atoms with E-state index in [4.69, 9.17) is 4.74 Å². The van der Waals surface area contributed by atoms with Crippen LogP contribution in [0.4, 0.5) is 18.9 Å². The largest absolute Gasteiger partial charge is 0.573 e. The van der Waals surface area contributed by atoms with E-state index in [1.165, 1.54) is 12.1 Å². The van der Waals surface area contributed by atoms with Crippen LogP contribution in [-0.2, 0) is 14.3 Å². The molecule has 0 spiro atoms. The number of ether oxygens (including phenoxy) is 2. The number of alkyl halides is 3. The molecule has 33 heavy (non-hydrogen) atoms. The fourth-order valence-corrected chi connectivity index (χ4v) is 3.44. The highest BCUT2D eigenvalue weighted by atomic mass is 19.4. The Balaban J connectivity index is 1.96. The first kappa shape index (κ1) is 24.3. The lowest BCUT2D eigenvalue weighted by Crippen LogP contribution is -2.34. The molecule has 1 N–H and O–H groups in total. The number of anilines is 1. The molecule has 0 radical (unpaired) electrons. The highest BCUT2D eigenvalue weighted by molar-refractivity contribution is 6.36. The van der Waals surface area contributed by atoms with E-state index in [9.17, 15) is 22.8 Å². The van der Waals surface area contributed by atoms with Crippen molar-refractivity contribution in [2.75, 3.05) is 25.1 Å². The number of halogens is 3. The summed E-state index contributed by atoms with van der Waals surface area (Å²) >= 11 is 0. The van der Waals surface area contributed by atoms with Crippen molar-refractivity contribution in [3.63, 3.8) is 0 Å². The molecule has 0 bridgehead atoms. The van der Waals surface area contributed by atoms with Gasteiger partial charge in [-0.1, -0.05) is 24.3 Å². The SMILES string of the molecule is CCOCCCN1C(=O)C(Nc2cccc(OC(F)(F)F)c2)=C(c2ccc(C)c(C)c2)C1=O. The Hall–Kier alpha value is -3.33. The van der Waals surface area contributed by atoms with Gasteiger partial charge in [0, 0.05) is 31.5 Å². The molecule has 1 heterocycles. The number of aryl methyl sites for hydroxylation is 2. The molecule has 0 saturated heterocycles. The number of rotatable bonds is 9. The average Bonchev–Trinajstić information content (AvgIpc) is 2.96. The van der Waals surface area contributed by atoms with E-state index in [2.05, 4.69) is 10.1 Å². The summed E-state index contributed by atoms with van der Waals surface area (Å²) in [6, 6.07) is 10.5. The third-order valence-electron chi connectivity index (χ3n) is 5.18. The minimum absolute atomic E-state index is 0.00354. The van der Waals surface area contributed by atoms with Gasteiger partial charge in [0.15, 0.2) is 0 Å². The van der Waals surface area contributed by atoms with E-state index in [0.29, 0.717) is 25.2 Å². The molecule has 0 saturated carbocycles. The van der Waals surface area contributed by atoms with E-state index in [0.717, 1.165) is 28.2 Å². The summed E-state index contributed by atoms with van der Waals surface area (Å²) < 4.78 is 47.1. The number of benzene rings is 2. The van der Waals surface area contributed by atoms with Crippen molar-refractivity contribution in [2.45, 2.75) is 33.6 Å². The third kappa shape index (κ3) is 5.92. The van der Waals surface area contributed by atoms with Crippen molar-refractivity contribution in [3.8, 4) is 5.75 Å². The van der Waals surface area contributed by atoms with Crippen LogP contribution in [0.1, 0.15) is 30.0 Å². The molecule has 2 amide bonds. The number of amides is 2. The lowest BCUT2D eigenvalue weighted by atomic mass is 9.99. The fourth-order valence-electron chi connectivity index (χ4n) is 3.44. The first-order valence-corrected chi connectivity index (χ1v) is 10.5. The molecule has 0 aliphatic carbocycles. The maximum absolute atomic E-state index is 13.2. The normalized spacial score (nSPS) is 14.3. The molecule has 0 fully saturated rings. The van der Waals surface area contributed by atoms with Crippen molar-refractivity contribution >= 4 is 23.1 Å². The van der Waals surface area contributed by atoms with E-state index in [1.54, 1.807) is 6.07 Å². The van der Waals surface area contributed by atoms with Gasteiger partial charge in [-0.3, -0.25) is 14.5 Å². The van der Waals surface area contributed by atoms with E-state index in [1.807, 2.05) is 32.9 Å². The van der Waals surface area contributed by atoms with Crippen LogP contribution in [-0.4, -0.2) is 42.8 Å². The molecular formula is C24H25F3N2O4. The highest BCUT2D eigenvalue weighted by Gasteiger charge is 2.39. The molecule has 0 atom stereocenters. The van der Waals surface area contributed by atoms with Crippen LogP contribution in [0.25, 0.3) is 5.57 Å². The summed E-state index contributed by atoms with van der Waals surface area (Å²) in [5.74, 6) is -1.46. The third-order valence-corrected chi connectivity index (χ3v) is 5.18. The fraction of sp³-hybridized carbons (Fsp3) is 0.333. The summed E-state index contributed by atoms with van der Waals surface area (Å²) in [7, 11) is 0. The molecule has 1 aliphatic rings. The zero-order chi connectivity index (χ0) is 24.2. The predicted molar refractivity (Wildman–Crippen MR) is 117 cm³/mol. The maximum Gasteiger partial charge on any atom is 0.573 e. The monoisotopic (exact) mass is 462 g/mol. The molecule has 6 nitrogen and oxygen atoms in total. The number of imide groups is 1. The van der Waals surface area contributed by atoms with E-state index >= 15 is 0 Å². The number of hydrogen-bond acceptors (Lipinski definition) is 5. The van der Waals surface area contributed by atoms with Crippen molar-refractivity contribution in [1.82, 2.24) is 4.90 Å². The van der Waals surface area contributed by atoms with Crippen LogP contribution in [0.15, 0.2) is 48.2 Å². The standard InChI is InChI=1S/C24H25F3N2O4/c1-4-32-12-6-11-29-22(30)20(17-10-9-15(2)16(3)13-17)21(23(29)31)28-18-7-5-8-19(14-18)33-24(25,26)27/h5,7-10,13-14,28H,4,6,11-12H2,1-3H3. The van der Waals surface area contributed by atoms with Gasteiger partial charge in [-0.2, -0.15) is 0 Å². The average molecular weight is 462 g/mol. The summed E-state index contributed by atoms with van der Waals surface area (Å²) in [5, 5.41) is 2.85. The van der Waals surface area contributed by atoms with Gasteiger partial charge in [0.05, 0.1) is 5.57 Å². The number of nitrogens with one attached hydrogen (secondary N) is 1. The van der Waals surface area contributed by atoms with Gasteiger partial charge in [0.1, 0.15) is 11.4 Å². The van der Waals surface area contributed by atoms with Gasteiger partial charge in [0.25, 0.3) is 11.8 Å². The zero-order valence-electron chi connectivity index (χ0n) is 18.6. The molecule has 9 heteroatoms. The number of carbonyl (C=O) groups is 2. The Bertz CT molecular complexity index is 1080. The second-order valence-electron chi connectivity index (χ2n) is 7.56. The second-order valence-corrected chi connectivity index (χ2v) is 7.56. The molecule has 176 valence electrons. The van der Waals surface area contributed by atoms with E-state index < -0.39 is 23.9 Å². The topological polar surface area (TPSA) is 67.9 Å². The van der Waals surface area contributed by atoms with Crippen molar-refractivity contribution in [2.24, 2.45) is 0 Å². The molecule has 0 unspecified atom stereocenters. The van der Waals surface area contributed by atoms with Crippen molar-refractivity contribution in [3.05, 3.63) is 64.9 Å².